The van der Waals surface area contributed by atoms with Crippen molar-refractivity contribution >= 4 is 23.6 Å². The van der Waals surface area contributed by atoms with Gasteiger partial charge in [0.15, 0.2) is 17.4 Å². The number of hydrogen-bond acceptors (Lipinski definition) is 5. The maximum Gasteiger partial charge on any atom is 0.184 e. The van der Waals surface area contributed by atoms with E-state index in [2.05, 4.69) is 15.2 Å². The minimum Gasteiger partial charge on any atom is -0.511 e. The van der Waals surface area contributed by atoms with Gasteiger partial charge in [-0.05, 0) is 17.3 Å². The number of fused-ring (bicyclic) bond motifs is 1. The summed E-state index contributed by atoms with van der Waals surface area (Å²) in [7, 11) is 0. The average molecular weight is 329 g/mol. The number of allylic oxidation sites excluding steroid dienone is 2. The van der Waals surface area contributed by atoms with Gasteiger partial charge in [0.25, 0.3) is 0 Å². The van der Waals surface area contributed by atoms with Crippen molar-refractivity contribution in [3.05, 3.63) is 22.6 Å². The Kier molecular flexibility index (Phi) is 3.73. The number of Topliss-reactive ketones (excluding diaryl/α,β-unsaturated/α-hetero) is 2. The Morgan fingerprint density at radius 3 is 2.33 bits per heavy atom. The fourth-order valence-electron chi connectivity index (χ4n) is 3.52. The quantitative estimate of drug-likeness (QED) is 0.812. The van der Waals surface area contributed by atoms with Gasteiger partial charge in [-0.25, -0.2) is 4.99 Å². The van der Waals surface area contributed by atoms with E-state index in [0.717, 1.165) is 12.1 Å². The van der Waals surface area contributed by atoms with Gasteiger partial charge < -0.3 is 5.11 Å². The zero-order valence-electron chi connectivity index (χ0n) is 14.6. The predicted octanol–water partition coefficient (Wildman–Crippen LogP) is 3.47. The number of ketones is 2. The second kappa shape index (κ2) is 5.40. The zero-order chi connectivity index (χ0) is 17.7. The molecular weight excluding hydrogens is 306 g/mol. The molecule has 1 heterocycles. The summed E-state index contributed by atoms with van der Waals surface area (Å²) in [5.74, 6) is 0.223. The van der Waals surface area contributed by atoms with Gasteiger partial charge in [-0.2, -0.15) is 5.10 Å². The van der Waals surface area contributed by atoms with Crippen LogP contribution in [0.4, 0.5) is 5.82 Å². The standard InChI is InChI=1S/C18H23N3O3/c1-17(2)5-11-15(14(24)8-17)16(21-20-11)19-9-10-12(22)6-18(3,4)7-13(10)23/h9,22H,5-8H2,1-4H3,(H,20,21). The highest BCUT2D eigenvalue weighted by atomic mass is 16.3. The van der Waals surface area contributed by atoms with E-state index in [9.17, 15) is 14.7 Å². The summed E-state index contributed by atoms with van der Waals surface area (Å²) in [4.78, 5) is 28.8. The third-order valence-electron chi connectivity index (χ3n) is 4.61. The third-order valence-corrected chi connectivity index (χ3v) is 4.61. The van der Waals surface area contributed by atoms with Crippen LogP contribution in [0.5, 0.6) is 0 Å². The second-order valence-corrected chi connectivity index (χ2v) is 8.40. The fraction of sp³-hybridized carbons (Fsp3) is 0.556. The molecule has 2 aliphatic carbocycles. The molecule has 6 heteroatoms. The van der Waals surface area contributed by atoms with Crippen molar-refractivity contribution in [2.45, 2.75) is 53.4 Å². The molecule has 0 unspecified atom stereocenters. The number of aromatic nitrogens is 2. The van der Waals surface area contributed by atoms with Crippen LogP contribution in [0.25, 0.3) is 0 Å². The van der Waals surface area contributed by atoms with E-state index in [1.54, 1.807) is 0 Å². The summed E-state index contributed by atoms with van der Waals surface area (Å²) in [6.45, 7) is 7.98. The highest BCUT2D eigenvalue weighted by molar-refractivity contribution is 6.15. The van der Waals surface area contributed by atoms with Gasteiger partial charge in [-0.1, -0.05) is 27.7 Å². The van der Waals surface area contributed by atoms with E-state index < -0.39 is 0 Å². The Labute approximate surface area is 141 Å². The molecular formula is C18H23N3O3. The van der Waals surface area contributed by atoms with E-state index in [1.807, 2.05) is 27.7 Å². The molecule has 128 valence electrons. The number of nitrogens with one attached hydrogen (secondary N) is 1. The van der Waals surface area contributed by atoms with Gasteiger partial charge in [0.05, 0.1) is 11.1 Å². The van der Waals surface area contributed by atoms with Crippen molar-refractivity contribution in [1.82, 2.24) is 10.2 Å². The van der Waals surface area contributed by atoms with Crippen LogP contribution in [-0.4, -0.2) is 33.1 Å². The number of carbonyl (C=O) groups excluding carboxylic acids is 2. The molecule has 0 radical (unpaired) electrons. The van der Waals surface area contributed by atoms with E-state index in [1.165, 1.54) is 6.21 Å². The van der Waals surface area contributed by atoms with Gasteiger partial charge in [0.2, 0.25) is 0 Å². The lowest BCUT2D eigenvalue weighted by molar-refractivity contribution is -0.117. The molecule has 6 nitrogen and oxygen atoms in total. The van der Waals surface area contributed by atoms with Crippen LogP contribution in [0, 0.1) is 10.8 Å². The molecule has 24 heavy (non-hydrogen) atoms. The summed E-state index contributed by atoms with van der Waals surface area (Å²) in [5.41, 5.74) is 1.18. The van der Waals surface area contributed by atoms with Crippen LogP contribution in [0.3, 0.4) is 0 Å². The number of nitrogens with zero attached hydrogens (tertiary/aromatic N) is 2. The molecule has 1 aromatic heterocycles. The van der Waals surface area contributed by atoms with Crippen molar-refractivity contribution < 1.29 is 14.7 Å². The van der Waals surface area contributed by atoms with Crippen LogP contribution in [-0.2, 0) is 11.2 Å². The van der Waals surface area contributed by atoms with Crippen LogP contribution in [0.1, 0.15) is 63.0 Å². The summed E-state index contributed by atoms with van der Waals surface area (Å²) in [6, 6.07) is 0. The van der Waals surface area contributed by atoms with Crippen LogP contribution in [0.15, 0.2) is 16.3 Å². The fourth-order valence-corrected chi connectivity index (χ4v) is 3.52. The molecule has 0 aromatic carbocycles. The molecule has 0 aliphatic heterocycles. The normalized spacial score (nSPS) is 23.0. The Morgan fingerprint density at radius 2 is 1.67 bits per heavy atom. The minimum absolute atomic E-state index is 0.0106. The van der Waals surface area contributed by atoms with Gasteiger partial charge in [-0.3, -0.25) is 14.7 Å². The predicted molar refractivity (Wildman–Crippen MR) is 90.8 cm³/mol. The van der Waals surface area contributed by atoms with Crippen molar-refractivity contribution in [3.63, 3.8) is 0 Å². The molecule has 0 fully saturated rings. The maximum atomic E-state index is 12.4. The Morgan fingerprint density at radius 1 is 1.04 bits per heavy atom. The number of hydrogen-bond donors (Lipinski definition) is 2. The van der Waals surface area contributed by atoms with Crippen molar-refractivity contribution in [3.8, 4) is 0 Å². The van der Waals surface area contributed by atoms with Gasteiger partial charge in [-0.15, -0.1) is 0 Å². The first-order valence-electron chi connectivity index (χ1n) is 8.18. The Bertz CT molecular complexity index is 781. The van der Waals surface area contributed by atoms with E-state index >= 15 is 0 Å². The van der Waals surface area contributed by atoms with E-state index in [4.69, 9.17) is 0 Å². The minimum atomic E-state index is -0.244. The molecule has 2 N–H and O–H groups in total. The third kappa shape index (κ3) is 3.05. The van der Waals surface area contributed by atoms with Gasteiger partial charge >= 0.3 is 0 Å². The summed E-state index contributed by atoms with van der Waals surface area (Å²) >= 11 is 0. The topological polar surface area (TPSA) is 95.4 Å². The Balaban J connectivity index is 1.91. The highest BCUT2D eigenvalue weighted by Crippen LogP contribution is 2.38. The molecule has 0 saturated carbocycles. The lowest BCUT2D eigenvalue weighted by atomic mass is 9.76. The molecule has 0 amide bonds. The molecule has 3 rings (SSSR count). The van der Waals surface area contributed by atoms with Crippen molar-refractivity contribution in [1.29, 1.82) is 0 Å². The smallest absolute Gasteiger partial charge is 0.184 e. The van der Waals surface area contributed by atoms with E-state index in [-0.39, 0.29) is 33.7 Å². The number of aliphatic imine (C=N–C) groups is 1. The largest absolute Gasteiger partial charge is 0.511 e. The first-order valence-corrected chi connectivity index (χ1v) is 8.18. The molecule has 2 aliphatic rings. The summed E-state index contributed by atoms with van der Waals surface area (Å²) in [6.07, 6.45) is 3.33. The monoisotopic (exact) mass is 329 g/mol. The average Bonchev–Trinajstić information content (AvgIpc) is 2.77. The maximum absolute atomic E-state index is 12.4. The number of H-pyrrole nitrogens is 1. The number of aromatic amines is 1. The van der Waals surface area contributed by atoms with E-state index in [0.29, 0.717) is 30.6 Å². The van der Waals surface area contributed by atoms with Crippen molar-refractivity contribution in [2.24, 2.45) is 15.8 Å². The first kappa shape index (κ1) is 16.6. The molecule has 0 spiro atoms. The first-order chi connectivity index (χ1) is 11.1. The molecule has 0 bridgehead atoms. The lowest BCUT2D eigenvalue weighted by Crippen LogP contribution is -2.26. The summed E-state index contributed by atoms with van der Waals surface area (Å²) < 4.78 is 0. The summed E-state index contributed by atoms with van der Waals surface area (Å²) in [5, 5.41) is 17.1. The number of carbonyl (C=O) groups is 2. The van der Waals surface area contributed by atoms with Crippen LogP contribution >= 0.6 is 0 Å². The SMILES string of the molecule is CC1(C)CC(=O)C(C=Nc2n[nH]c3c2C(=O)CC(C)(C)C3)=C(O)C1. The molecule has 1 aromatic rings. The van der Waals surface area contributed by atoms with Crippen molar-refractivity contribution in [2.75, 3.05) is 0 Å². The lowest BCUT2D eigenvalue weighted by Gasteiger charge is -2.28. The molecule has 0 saturated heterocycles. The second-order valence-electron chi connectivity index (χ2n) is 8.40. The number of aliphatic hydroxyl groups excluding tert-OH is 1. The number of aliphatic hydroxyl groups is 1. The van der Waals surface area contributed by atoms with Crippen LogP contribution < -0.4 is 0 Å². The molecule has 0 atom stereocenters. The Hall–Kier alpha value is -2.24. The highest BCUT2D eigenvalue weighted by Gasteiger charge is 2.35. The van der Waals surface area contributed by atoms with Crippen LogP contribution in [0.2, 0.25) is 0 Å². The number of rotatable bonds is 2. The zero-order valence-corrected chi connectivity index (χ0v) is 14.6. The van der Waals surface area contributed by atoms with Gasteiger partial charge in [0.1, 0.15) is 5.76 Å². The van der Waals surface area contributed by atoms with Gasteiger partial charge in [0, 0.05) is 31.2 Å².